The molecule has 2 amide bonds. The lowest BCUT2D eigenvalue weighted by Crippen LogP contribution is -2.44. The van der Waals surface area contributed by atoms with Crippen molar-refractivity contribution < 1.29 is 22.8 Å². The SMILES string of the molecule is CC(=O)NCC(=O)N1CCCCC1c1nc(N(C)C)ncc1-c1ccc(C(F)(F)F)cc1. The molecule has 3 rings (SSSR count). The van der Waals surface area contributed by atoms with Gasteiger partial charge in [-0.25, -0.2) is 9.97 Å². The topological polar surface area (TPSA) is 78.4 Å². The number of rotatable bonds is 5. The summed E-state index contributed by atoms with van der Waals surface area (Å²) in [6.45, 7) is 1.74. The molecule has 2 aromatic rings. The van der Waals surface area contributed by atoms with Crippen LogP contribution in [0.5, 0.6) is 0 Å². The smallest absolute Gasteiger partial charge is 0.347 e. The van der Waals surface area contributed by atoms with E-state index in [1.54, 1.807) is 30.1 Å². The molecule has 1 fully saturated rings. The number of nitrogens with zero attached hydrogens (tertiary/aromatic N) is 4. The van der Waals surface area contributed by atoms with Crippen molar-refractivity contribution >= 4 is 17.8 Å². The predicted octanol–water partition coefficient (Wildman–Crippen LogP) is 3.42. The molecule has 2 heterocycles. The Balaban J connectivity index is 2.03. The van der Waals surface area contributed by atoms with Crippen molar-refractivity contribution in [3.05, 3.63) is 41.7 Å². The van der Waals surface area contributed by atoms with Crippen LogP contribution in [0.25, 0.3) is 11.1 Å². The van der Waals surface area contributed by atoms with E-state index in [2.05, 4.69) is 15.3 Å². The summed E-state index contributed by atoms with van der Waals surface area (Å²) in [5, 5.41) is 2.53. The monoisotopic (exact) mass is 449 g/mol. The van der Waals surface area contributed by atoms with Crippen LogP contribution in [-0.4, -0.2) is 53.9 Å². The molecule has 1 aliphatic heterocycles. The summed E-state index contributed by atoms with van der Waals surface area (Å²) in [4.78, 5) is 36.5. The highest BCUT2D eigenvalue weighted by atomic mass is 19.4. The zero-order valence-corrected chi connectivity index (χ0v) is 18.2. The highest BCUT2D eigenvalue weighted by molar-refractivity contribution is 5.84. The zero-order valence-electron chi connectivity index (χ0n) is 18.2. The number of piperidine rings is 1. The lowest BCUT2D eigenvalue weighted by Gasteiger charge is -2.36. The van der Waals surface area contributed by atoms with E-state index < -0.39 is 11.7 Å². The van der Waals surface area contributed by atoms with Gasteiger partial charge in [0.2, 0.25) is 17.8 Å². The molecule has 1 atom stereocenters. The van der Waals surface area contributed by atoms with Gasteiger partial charge >= 0.3 is 6.18 Å². The summed E-state index contributed by atoms with van der Waals surface area (Å²) < 4.78 is 39.0. The third kappa shape index (κ3) is 5.35. The molecule has 10 heteroatoms. The molecule has 1 N–H and O–H groups in total. The summed E-state index contributed by atoms with van der Waals surface area (Å²) in [7, 11) is 3.58. The first-order chi connectivity index (χ1) is 15.1. The summed E-state index contributed by atoms with van der Waals surface area (Å²) in [6, 6.07) is 4.47. The molecule has 0 aliphatic carbocycles. The van der Waals surface area contributed by atoms with Crippen LogP contribution in [0.15, 0.2) is 30.5 Å². The highest BCUT2D eigenvalue weighted by Gasteiger charge is 2.33. The second-order valence-electron chi connectivity index (χ2n) is 7.95. The molecule has 1 aliphatic rings. The number of benzene rings is 1. The Morgan fingerprint density at radius 3 is 2.47 bits per heavy atom. The number of nitrogens with one attached hydrogen (secondary N) is 1. The maximum atomic E-state index is 13.0. The van der Waals surface area contributed by atoms with Crippen LogP contribution < -0.4 is 10.2 Å². The van der Waals surface area contributed by atoms with Crippen molar-refractivity contribution in [3.63, 3.8) is 0 Å². The van der Waals surface area contributed by atoms with Gasteiger partial charge in [0.05, 0.1) is 23.8 Å². The van der Waals surface area contributed by atoms with Crippen molar-refractivity contribution in [1.29, 1.82) is 0 Å². The zero-order chi connectivity index (χ0) is 23.5. The van der Waals surface area contributed by atoms with Gasteiger partial charge in [-0.05, 0) is 37.0 Å². The van der Waals surface area contributed by atoms with Crippen molar-refractivity contribution in [2.45, 2.75) is 38.4 Å². The van der Waals surface area contributed by atoms with Crippen LogP contribution in [-0.2, 0) is 15.8 Å². The fraction of sp³-hybridized carbons (Fsp3) is 0.455. The van der Waals surface area contributed by atoms with Gasteiger partial charge in [-0.15, -0.1) is 0 Å². The molecule has 0 bridgehead atoms. The summed E-state index contributed by atoms with van der Waals surface area (Å²) in [6.07, 6.45) is -0.483. The minimum absolute atomic E-state index is 0.118. The number of hydrogen-bond donors (Lipinski definition) is 1. The number of hydrogen-bond acceptors (Lipinski definition) is 5. The van der Waals surface area contributed by atoms with Gasteiger partial charge in [0.15, 0.2) is 0 Å². The molecule has 32 heavy (non-hydrogen) atoms. The van der Waals surface area contributed by atoms with E-state index in [1.165, 1.54) is 19.1 Å². The third-order valence-corrected chi connectivity index (χ3v) is 5.36. The molecular formula is C22H26F3N5O2. The highest BCUT2D eigenvalue weighted by Crippen LogP contribution is 2.37. The maximum absolute atomic E-state index is 13.0. The second kappa shape index (κ2) is 9.54. The van der Waals surface area contributed by atoms with Crippen LogP contribution >= 0.6 is 0 Å². The summed E-state index contributed by atoms with van der Waals surface area (Å²) >= 11 is 0. The van der Waals surface area contributed by atoms with Gasteiger partial charge in [0.1, 0.15) is 0 Å². The lowest BCUT2D eigenvalue weighted by molar-refractivity contribution is -0.137. The first-order valence-electron chi connectivity index (χ1n) is 10.3. The minimum atomic E-state index is -4.43. The Morgan fingerprint density at radius 1 is 1.19 bits per heavy atom. The molecule has 1 aromatic heterocycles. The Kier molecular flexibility index (Phi) is 7.00. The maximum Gasteiger partial charge on any atom is 0.416 e. The van der Waals surface area contributed by atoms with Gasteiger partial charge < -0.3 is 15.1 Å². The number of amides is 2. The first kappa shape index (κ1) is 23.5. The van der Waals surface area contributed by atoms with E-state index in [9.17, 15) is 22.8 Å². The summed E-state index contributed by atoms with van der Waals surface area (Å²) in [5.74, 6) is -0.0851. The Morgan fingerprint density at radius 2 is 1.88 bits per heavy atom. The molecular weight excluding hydrogens is 423 g/mol. The summed E-state index contributed by atoms with van der Waals surface area (Å²) in [5.41, 5.74) is 0.962. The number of alkyl halides is 3. The minimum Gasteiger partial charge on any atom is -0.347 e. The van der Waals surface area contributed by atoms with Crippen LogP contribution in [0, 0.1) is 0 Å². The molecule has 1 saturated heterocycles. The van der Waals surface area contributed by atoms with Crippen molar-refractivity contribution in [1.82, 2.24) is 20.2 Å². The van der Waals surface area contributed by atoms with E-state index in [-0.39, 0.29) is 24.4 Å². The van der Waals surface area contributed by atoms with Crippen LogP contribution in [0.3, 0.4) is 0 Å². The average Bonchev–Trinajstić information content (AvgIpc) is 2.76. The molecule has 172 valence electrons. The quantitative estimate of drug-likeness (QED) is 0.757. The van der Waals surface area contributed by atoms with Crippen LogP contribution in [0.1, 0.15) is 43.5 Å². The Bertz CT molecular complexity index is 977. The molecule has 1 aromatic carbocycles. The van der Waals surface area contributed by atoms with Crippen LogP contribution in [0.2, 0.25) is 0 Å². The lowest BCUT2D eigenvalue weighted by atomic mass is 9.93. The van der Waals surface area contributed by atoms with Crippen molar-refractivity contribution in [2.24, 2.45) is 0 Å². The number of aromatic nitrogens is 2. The molecule has 1 unspecified atom stereocenters. The first-order valence-corrected chi connectivity index (χ1v) is 10.3. The third-order valence-electron chi connectivity index (χ3n) is 5.36. The number of anilines is 1. The van der Waals surface area contributed by atoms with E-state index in [0.29, 0.717) is 35.7 Å². The second-order valence-corrected chi connectivity index (χ2v) is 7.95. The van der Waals surface area contributed by atoms with E-state index in [4.69, 9.17) is 0 Å². The van der Waals surface area contributed by atoms with Gasteiger partial charge in [-0.1, -0.05) is 12.1 Å². The van der Waals surface area contributed by atoms with E-state index >= 15 is 0 Å². The fourth-order valence-electron chi connectivity index (χ4n) is 3.73. The normalized spacial score (nSPS) is 16.6. The number of likely N-dealkylation sites (tertiary alicyclic amines) is 1. The predicted molar refractivity (Wildman–Crippen MR) is 114 cm³/mol. The van der Waals surface area contributed by atoms with Crippen molar-refractivity contribution in [3.8, 4) is 11.1 Å². The fourth-order valence-corrected chi connectivity index (χ4v) is 3.73. The molecule has 0 saturated carbocycles. The average molecular weight is 449 g/mol. The number of carbonyl (C=O) groups is 2. The molecule has 7 nitrogen and oxygen atoms in total. The standard InChI is InChI=1S/C22H26F3N5O2/c1-14(31)26-13-19(32)30-11-5-4-6-18(30)20-17(12-27-21(28-20)29(2)3)15-7-9-16(10-8-15)22(23,24)25/h7-10,12,18H,4-6,11,13H2,1-3H3,(H,26,31). The number of halogens is 3. The Labute approximate surface area is 184 Å². The number of carbonyl (C=O) groups excluding carboxylic acids is 2. The van der Waals surface area contributed by atoms with Gasteiger partial charge in [0, 0.05) is 39.3 Å². The van der Waals surface area contributed by atoms with Gasteiger partial charge in [0.25, 0.3) is 0 Å². The van der Waals surface area contributed by atoms with E-state index in [1.807, 2.05) is 0 Å². The van der Waals surface area contributed by atoms with E-state index in [0.717, 1.165) is 25.0 Å². The van der Waals surface area contributed by atoms with Crippen LogP contribution in [0.4, 0.5) is 19.1 Å². The molecule has 0 radical (unpaired) electrons. The molecule has 0 spiro atoms. The largest absolute Gasteiger partial charge is 0.416 e. The van der Waals surface area contributed by atoms with Crippen molar-refractivity contribution in [2.75, 3.05) is 32.1 Å². The van der Waals surface area contributed by atoms with Gasteiger partial charge in [-0.3, -0.25) is 9.59 Å². The Hall–Kier alpha value is -3.17. The van der Waals surface area contributed by atoms with Gasteiger partial charge in [-0.2, -0.15) is 13.2 Å².